The van der Waals surface area contributed by atoms with E-state index in [9.17, 15) is 13.2 Å². The highest BCUT2D eigenvalue weighted by molar-refractivity contribution is 5.76. The van der Waals surface area contributed by atoms with E-state index in [0.717, 1.165) is 17.7 Å². The molecule has 0 aliphatic heterocycles. The molecule has 4 aromatic rings. The predicted octanol–water partition coefficient (Wildman–Crippen LogP) is 4.75. The third-order valence-corrected chi connectivity index (χ3v) is 4.04. The second kappa shape index (κ2) is 6.75. The monoisotopic (exact) mass is 369 g/mol. The zero-order chi connectivity index (χ0) is 18.9. The van der Waals surface area contributed by atoms with Crippen molar-refractivity contribution >= 4 is 11.2 Å². The summed E-state index contributed by atoms with van der Waals surface area (Å²) in [5.41, 5.74) is 1.67. The standard InChI is InChI=1S/C20H14F3N3O/c21-20(22,23)16-9-4-6-14(12-16)13-27-26-17-10-5-11-24-18(17)25-19(26)15-7-2-1-3-8-15/h1-12H,13H2. The molecule has 0 aliphatic rings. The van der Waals surface area contributed by atoms with Crippen molar-refractivity contribution in [2.75, 3.05) is 0 Å². The number of halogens is 3. The molecular formula is C20H14F3N3O. The lowest BCUT2D eigenvalue weighted by molar-refractivity contribution is -0.137. The summed E-state index contributed by atoms with van der Waals surface area (Å²) in [6.45, 7) is -0.0376. The van der Waals surface area contributed by atoms with Crippen molar-refractivity contribution in [2.24, 2.45) is 0 Å². The fourth-order valence-corrected chi connectivity index (χ4v) is 2.77. The van der Waals surface area contributed by atoms with Crippen LogP contribution in [0.1, 0.15) is 11.1 Å². The first kappa shape index (κ1) is 17.1. The summed E-state index contributed by atoms with van der Waals surface area (Å²) >= 11 is 0. The zero-order valence-corrected chi connectivity index (χ0v) is 14.0. The molecule has 0 unspecified atom stereocenters. The Kier molecular flexibility index (Phi) is 4.27. The number of fused-ring (bicyclic) bond motifs is 1. The van der Waals surface area contributed by atoms with Gasteiger partial charge in [-0.2, -0.15) is 17.9 Å². The number of rotatable bonds is 4. The molecule has 2 aromatic heterocycles. The van der Waals surface area contributed by atoms with Crippen LogP contribution in [-0.4, -0.2) is 14.7 Å². The topological polar surface area (TPSA) is 39.9 Å². The van der Waals surface area contributed by atoms with E-state index < -0.39 is 11.7 Å². The van der Waals surface area contributed by atoms with E-state index in [1.807, 2.05) is 30.3 Å². The number of imidazole rings is 1. The van der Waals surface area contributed by atoms with E-state index in [1.54, 1.807) is 24.4 Å². The maximum absolute atomic E-state index is 12.9. The second-order valence-corrected chi connectivity index (χ2v) is 5.91. The van der Waals surface area contributed by atoms with Crippen LogP contribution < -0.4 is 4.84 Å². The number of alkyl halides is 3. The number of aromatic nitrogens is 3. The predicted molar refractivity (Wildman–Crippen MR) is 94.7 cm³/mol. The molecule has 2 heterocycles. The minimum Gasteiger partial charge on any atom is -0.407 e. The molecular weight excluding hydrogens is 355 g/mol. The molecule has 4 nitrogen and oxygen atoms in total. The van der Waals surface area contributed by atoms with E-state index in [4.69, 9.17) is 4.84 Å². The lowest BCUT2D eigenvalue weighted by Gasteiger charge is -2.12. The SMILES string of the molecule is FC(F)(F)c1cccc(COn2c(-c3ccccc3)nc3ncccc32)c1. The Labute approximate surface area is 152 Å². The van der Waals surface area contributed by atoms with Crippen LogP contribution >= 0.6 is 0 Å². The van der Waals surface area contributed by atoms with Crippen molar-refractivity contribution in [1.29, 1.82) is 0 Å². The van der Waals surface area contributed by atoms with E-state index in [-0.39, 0.29) is 6.61 Å². The van der Waals surface area contributed by atoms with Gasteiger partial charge < -0.3 is 4.84 Å². The molecule has 2 aromatic carbocycles. The summed E-state index contributed by atoms with van der Waals surface area (Å²) < 4.78 is 40.2. The molecule has 0 spiro atoms. The fraction of sp³-hybridized carbons (Fsp3) is 0.100. The number of pyridine rings is 1. The van der Waals surface area contributed by atoms with Crippen LogP contribution in [0.2, 0.25) is 0 Å². The van der Waals surface area contributed by atoms with Gasteiger partial charge >= 0.3 is 6.18 Å². The van der Waals surface area contributed by atoms with Gasteiger partial charge in [0.05, 0.1) is 5.56 Å². The van der Waals surface area contributed by atoms with Crippen LogP contribution in [0.3, 0.4) is 0 Å². The van der Waals surface area contributed by atoms with Gasteiger partial charge in [-0.1, -0.05) is 42.5 Å². The molecule has 0 aliphatic carbocycles. The van der Waals surface area contributed by atoms with Crippen molar-refractivity contribution in [1.82, 2.24) is 14.7 Å². The molecule has 0 amide bonds. The van der Waals surface area contributed by atoms with E-state index in [2.05, 4.69) is 9.97 Å². The number of nitrogens with zero attached hydrogens (tertiary/aromatic N) is 3. The fourth-order valence-electron chi connectivity index (χ4n) is 2.77. The Balaban J connectivity index is 1.70. The number of hydrogen-bond acceptors (Lipinski definition) is 3. The highest BCUT2D eigenvalue weighted by Gasteiger charge is 2.30. The zero-order valence-electron chi connectivity index (χ0n) is 14.0. The van der Waals surface area contributed by atoms with E-state index >= 15 is 0 Å². The van der Waals surface area contributed by atoms with Crippen LogP contribution in [0.25, 0.3) is 22.6 Å². The van der Waals surface area contributed by atoms with Crippen LogP contribution in [-0.2, 0) is 12.8 Å². The average molecular weight is 369 g/mol. The molecule has 0 fully saturated rings. The molecule has 4 rings (SSSR count). The summed E-state index contributed by atoms with van der Waals surface area (Å²) in [6.07, 6.45) is -2.77. The quantitative estimate of drug-likeness (QED) is 0.521. The van der Waals surface area contributed by atoms with Crippen molar-refractivity contribution in [3.8, 4) is 11.4 Å². The van der Waals surface area contributed by atoms with Gasteiger partial charge in [0.25, 0.3) is 0 Å². The van der Waals surface area contributed by atoms with Gasteiger partial charge in [0.1, 0.15) is 12.1 Å². The third-order valence-electron chi connectivity index (χ3n) is 4.04. The van der Waals surface area contributed by atoms with Crippen LogP contribution in [0.15, 0.2) is 72.9 Å². The summed E-state index contributed by atoms with van der Waals surface area (Å²) in [5.74, 6) is 0.538. The van der Waals surface area contributed by atoms with Crippen molar-refractivity contribution in [3.63, 3.8) is 0 Å². The Morgan fingerprint density at radius 2 is 1.74 bits per heavy atom. The normalized spacial score (nSPS) is 11.7. The van der Waals surface area contributed by atoms with Gasteiger partial charge in [-0.15, -0.1) is 0 Å². The van der Waals surface area contributed by atoms with Gasteiger partial charge in [-0.3, -0.25) is 0 Å². The van der Waals surface area contributed by atoms with Crippen LogP contribution in [0, 0.1) is 0 Å². The highest BCUT2D eigenvalue weighted by Crippen LogP contribution is 2.29. The van der Waals surface area contributed by atoms with Gasteiger partial charge in [-0.25, -0.2) is 9.97 Å². The summed E-state index contributed by atoms with van der Waals surface area (Å²) in [6, 6.07) is 18.0. The smallest absolute Gasteiger partial charge is 0.407 e. The second-order valence-electron chi connectivity index (χ2n) is 5.91. The first-order chi connectivity index (χ1) is 13.0. The van der Waals surface area contributed by atoms with Crippen molar-refractivity contribution in [3.05, 3.63) is 84.1 Å². The van der Waals surface area contributed by atoms with Crippen molar-refractivity contribution in [2.45, 2.75) is 12.8 Å². The molecule has 27 heavy (non-hydrogen) atoms. The molecule has 7 heteroatoms. The Morgan fingerprint density at radius 3 is 2.52 bits per heavy atom. The Bertz CT molecular complexity index is 1070. The highest BCUT2D eigenvalue weighted by atomic mass is 19.4. The summed E-state index contributed by atoms with van der Waals surface area (Å²) in [7, 11) is 0. The molecule has 0 bridgehead atoms. The largest absolute Gasteiger partial charge is 0.416 e. The van der Waals surface area contributed by atoms with Gasteiger partial charge in [-0.05, 0) is 29.8 Å². The first-order valence-corrected chi connectivity index (χ1v) is 8.21. The Morgan fingerprint density at radius 1 is 0.926 bits per heavy atom. The van der Waals surface area contributed by atoms with Crippen LogP contribution in [0.5, 0.6) is 0 Å². The lowest BCUT2D eigenvalue weighted by Crippen LogP contribution is -2.13. The molecule has 0 N–H and O–H groups in total. The van der Waals surface area contributed by atoms with Gasteiger partial charge in [0.15, 0.2) is 11.5 Å². The lowest BCUT2D eigenvalue weighted by atomic mass is 10.1. The summed E-state index contributed by atoms with van der Waals surface area (Å²) in [5, 5.41) is 0. The molecule has 0 radical (unpaired) electrons. The number of hydrogen-bond donors (Lipinski definition) is 0. The summed E-state index contributed by atoms with van der Waals surface area (Å²) in [4.78, 5) is 14.6. The maximum atomic E-state index is 12.9. The molecule has 0 saturated carbocycles. The Hall–Kier alpha value is -3.35. The van der Waals surface area contributed by atoms with E-state index in [0.29, 0.717) is 22.6 Å². The first-order valence-electron chi connectivity index (χ1n) is 8.21. The minimum atomic E-state index is -4.39. The van der Waals surface area contributed by atoms with Crippen molar-refractivity contribution < 1.29 is 18.0 Å². The average Bonchev–Trinajstić information content (AvgIpc) is 3.05. The van der Waals surface area contributed by atoms with Gasteiger partial charge in [0, 0.05) is 11.8 Å². The van der Waals surface area contributed by atoms with Crippen LogP contribution in [0.4, 0.5) is 13.2 Å². The van der Waals surface area contributed by atoms with E-state index in [1.165, 1.54) is 10.8 Å². The maximum Gasteiger partial charge on any atom is 0.416 e. The van der Waals surface area contributed by atoms with Gasteiger partial charge in [0.2, 0.25) is 0 Å². The third kappa shape index (κ3) is 3.48. The molecule has 0 atom stereocenters. The minimum absolute atomic E-state index is 0.0376. The number of benzene rings is 2. The molecule has 0 saturated heterocycles. The molecule has 136 valence electrons.